The third kappa shape index (κ3) is 5.66. The molecule has 0 spiro atoms. The Balaban J connectivity index is 1.56. The van der Waals surface area contributed by atoms with Crippen molar-refractivity contribution in [1.82, 2.24) is 20.1 Å². The van der Waals surface area contributed by atoms with Crippen LogP contribution in [-0.2, 0) is 17.9 Å². The number of benzene rings is 2. The van der Waals surface area contributed by atoms with Crippen LogP contribution in [-0.4, -0.2) is 32.3 Å². The minimum Gasteiger partial charge on any atom is -0.345 e. The third-order valence-electron chi connectivity index (χ3n) is 4.26. The van der Waals surface area contributed by atoms with E-state index in [9.17, 15) is 14.0 Å². The summed E-state index contributed by atoms with van der Waals surface area (Å²) in [7, 11) is 0. The van der Waals surface area contributed by atoms with Crippen LogP contribution in [0.2, 0.25) is 0 Å². The number of halogens is 1. The van der Waals surface area contributed by atoms with Crippen molar-refractivity contribution < 1.29 is 14.0 Å². The highest BCUT2D eigenvalue weighted by molar-refractivity contribution is 7.99. The Morgan fingerprint density at radius 1 is 1.13 bits per heavy atom. The fourth-order valence-electron chi connectivity index (χ4n) is 2.78. The van der Waals surface area contributed by atoms with Gasteiger partial charge in [0.15, 0.2) is 11.0 Å². The molecule has 9 heteroatoms. The molecule has 1 heterocycles. The Morgan fingerprint density at radius 3 is 2.60 bits per heavy atom. The van der Waals surface area contributed by atoms with Crippen molar-refractivity contribution in [3.8, 4) is 0 Å². The standard InChI is InChI=1S/C21H22FN5O2S/c1-3-27-18(12-23-20(29)15-6-4-5-14(2)11-15)25-26-21(27)30-13-19(28)24-17-9-7-16(22)8-10-17/h4-11H,3,12-13H2,1-2H3,(H,23,29)(H,24,28). The number of thioether (sulfide) groups is 1. The second-order valence-corrected chi connectivity index (χ2v) is 7.48. The molecule has 0 aliphatic rings. The number of aromatic nitrogens is 3. The molecule has 156 valence electrons. The Bertz CT molecular complexity index is 1040. The van der Waals surface area contributed by atoms with Gasteiger partial charge in [-0.15, -0.1) is 10.2 Å². The van der Waals surface area contributed by atoms with E-state index in [0.29, 0.717) is 28.8 Å². The topological polar surface area (TPSA) is 88.9 Å². The van der Waals surface area contributed by atoms with Crippen molar-refractivity contribution in [2.75, 3.05) is 11.1 Å². The van der Waals surface area contributed by atoms with Crippen molar-refractivity contribution in [3.05, 3.63) is 71.3 Å². The van der Waals surface area contributed by atoms with Crippen molar-refractivity contribution in [2.24, 2.45) is 0 Å². The molecule has 0 aliphatic carbocycles. The van der Waals surface area contributed by atoms with Gasteiger partial charge in [-0.05, 0) is 50.2 Å². The molecule has 2 aromatic carbocycles. The molecule has 1 aromatic heterocycles. The molecular formula is C21H22FN5O2S. The van der Waals surface area contributed by atoms with Gasteiger partial charge in [0.1, 0.15) is 5.82 Å². The lowest BCUT2D eigenvalue weighted by Crippen LogP contribution is -2.25. The Morgan fingerprint density at radius 2 is 1.90 bits per heavy atom. The van der Waals surface area contributed by atoms with Gasteiger partial charge in [-0.2, -0.15) is 0 Å². The summed E-state index contributed by atoms with van der Waals surface area (Å²) in [5.74, 6) is -0.0327. The zero-order valence-corrected chi connectivity index (χ0v) is 17.5. The smallest absolute Gasteiger partial charge is 0.251 e. The molecule has 0 aliphatic heterocycles. The van der Waals surface area contributed by atoms with Gasteiger partial charge in [-0.1, -0.05) is 29.5 Å². The highest BCUT2D eigenvalue weighted by Crippen LogP contribution is 2.18. The van der Waals surface area contributed by atoms with Gasteiger partial charge in [-0.3, -0.25) is 9.59 Å². The van der Waals surface area contributed by atoms with Gasteiger partial charge in [0.05, 0.1) is 12.3 Å². The molecule has 3 aromatic rings. The summed E-state index contributed by atoms with van der Waals surface area (Å²) in [6.07, 6.45) is 0. The van der Waals surface area contributed by atoms with E-state index < -0.39 is 0 Å². The second kappa shape index (κ2) is 10.0. The lowest BCUT2D eigenvalue weighted by molar-refractivity contribution is -0.113. The molecule has 0 atom stereocenters. The zero-order chi connectivity index (χ0) is 21.5. The number of rotatable bonds is 8. The first-order valence-electron chi connectivity index (χ1n) is 9.41. The van der Waals surface area contributed by atoms with Crippen LogP contribution < -0.4 is 10.6 Å². The summed E-state index contributed by atoms with van der Waals surface area (Å²) in [4.78, 5) is 24.5. The number of carbonyl (C=O) groups excluding carboxylic acids is 2. The highest BCUT2D eigenvalue weighted by atomic mass is 32.2. The summed E-state index contributed by atoms with van der Waals surface area (Å²) in [5.41, 5.74) is 2.13. The molecule has 0 bridgehead atoms. The maximum atomic E-state index is 12.9. The third-order valence-corrected chi connectivity index (χ3v) is 5.22. The molecule has 0 fully saturated rings. The van der Waals surface area contributed by atoms with Crippen molar-refractivity contribution in [2.45, 2.75) is 32.1 Å². The number of nitrogens with zero attached hydrogens (tertiary/aromatic N) is 3. The number of anilines is 1. The van der Waals surface area contributed by atoms with E-state index >= 15 is 0 Å². The first kappa shape index (κ1) is 21.5. The van der Waals surface area contributed by atoms with E-state index in [1.807, 2.05) is 36.6 Å². The predicted molar refractivity (Wildman–Crippen MR) is 114 cm³/mol. The van der Waals surface area contributed by atoms with Gasteiger partial charge in [0, 0.05) is 17.8 Å². The molecule has 0 radical (unpaired) electrons. The first-order valence-corrected chi connectivity index (χ1v) is 10.4. The van der Waals surface area contributed by atoms with Gasteiger partial charge in [0.2, 0.25) is 5.91 Å². The van der Waals surface area contributed by atoms with Crippen LogP contribution in [0.1, 0.15) is 28.7 Å². The van der Waals surface area contributed by atoms with E-state index in [4.69, 9.17) is 0 Å². The molecule has 30 heavy (non-hydrogen) atoms. The van der Waals surface area contributed by atoms with Crippen LogP contribution in [0.4, 0.5) is 10.1 Å². The zero-order valence-electron chi connectivity index (χ0n) is 16.7. The lowest BCUT2D eigenvalue weighted by atomic mass is 10.1. The predicted octanol–water partition coefficient (Wildman–Crippen LogP) is 3.41. The number of nitrogens with one attached hydrogen (secondary N) is 2. The molecule has 2 amide bonds. The normalized spacial score (nSPS) is 10.6. The van der Waals surface area contributed by atoms with Crippen LogP contribution in [0, 0.1) is 12.7 Å². The fourth-order valence-corrected chi connectivity index (χ4v) is 3.60. The van der Waals surface area contributed by atoms with Crippen molar-refractivity contribution in [3.63, 3.8) is 0 Å². The molecule has 2 N–H and O–H groups in total. The van der Waals surface area contributed by atoms with E-state index in [1.165, 1.54) is 36.0 Å². The van der Waals surface area contributed by atoms with Crippen LogP contribution >= 0.6 is 11.8 Å². The van der Waals surface area contributed by atoms with Gasteiger partial charge >= 0.3 is 0 Å². The molecular weight excluding hydrogens is 405 g/mol. The van der Waals surface area contributed by atoms with Crippen LogP contribution in [0.15, 0.2) is 53.7 Å². The largest absolute Gasteiger partial charge is 0.345 e. The number of hydrogen-bond acceptors (Lipinski definition) is 5. The van der Waals surface area contributed by atoms with Crippen LogP contribution in [0.5, 0.6) is 0 Å². The minimum atomic E-state index is -0.361. The van der Waals surface area contributed by atoms with Crippen LogP contribution in [0.25, 0.3) is 0 Å². The summed E-state index contributed by atoms with van der Waals surface area (Å²) >= 11 is 1.25. The average Bonchev–Trinajstić information content (AvgIpc) is 3.14. The average molecular weight is 428 g/mol. The Labute approximate surface area is 178 Å². The number of carbonyl (C=O) groups is 2. The highest BCUT2D eigenvalue weighted by Gasteiger charge is 2.14. The number of hydrogen-bond donors (Lipinski definition) is 2. The van der Waals surface area contributed by atoms with Gasteiger partial charge in [0.25, 0.3) is 5.91 Å². The molecule has 7 nitrogen and oxygen atoms in total. The second-order valence-electron chi connectivity index (χ2n) is 6.54. The van der Waals surface area contributed by atoms with E-state index in [2.05, 4.69) is 20.8 Å². The molecule has 0 unspecified atom stereocenters. The van der Waals surface area contributed by atoms with E-state index in [1.54, 1.807) is 6.07 Å². The van der Waals surface area contributed by atoms with Crippen molar-refractivity contribution >= 4 is 29.3 Å². The van der Waals surface area contributed by atoms with Gasteiger partial charge < -0.3 is 15.2 Å². The maximum absolute atomic E-state index is 12.9. The SMILES string of the molecule is CCn1c(CNC(=O)c2cccc(C)c2)nnc1SCC(=O)Nc1ccc(F)cc1. The Kier molecular flexibility index (Phi) is 7.18. The quantitative estimate of drug-likeness (QED) is 0.538. The molecule has 0 saturated carbocycles. The summed E-state index contributed by atoms with van der Waals surface area (Å²) in [5, 5.41) is 14.4. The summed E-state index contributed by atoms with van der Waals surface area (Å²) in [6.45, 7) is 4.71. The maximum Gasteiger partial charge on any atom is 0.251 e. The lowest BCUT2D eigenvalue weighted by Gasteiger charge is -2.09. The van der Waals surface area contributed by atoms with Crippen LogP contribution in [0.3, 0.4) is 0 Å². The fraction of sp³-hybridized carbons (Fsp3) is 0.238. The van der Waals surface area contributed by atoms with E-state index in [0.717, 1.165) is 5.56 Å². The number of amides is 2. The Hall–Kier alpha value is -3.20. The summed E-state index contributed by atoms with van der Waals surface area (Å²) in [6, 6.07) is 12.9. The van der Waals surface area contributed by atoms with Crippen molar-refractivity contribution in [1.29, 1.82) is 0 Å². The first-order chi connectivity index (χ1) is 14.5. The van der Waals surface area contributed by atoms with Gasteiger partial charge in [-0.25, -0.2) is 4.39 Å². The summed E-state index contributed by atoms with van der Waals surface area (Å²) < 4.78 is 14.8. The minimum absolute atomic E-state index is 0.130. The van der Waals surface area contributed by atoms with E-state index in [-0.39, 0.29) is 29.9 Å². The molecule has 0 saturated heterocycles. The number of aryl methyl sites for hydroxylation is 1. The monoisotopic (exact) mass is 427 g/mol. The molecule has 3 rings (SSSR count).